The van der Waals surface area contributed by atoms with Crippen LogP contribution in [0.2, 0.25) is 5.15 Å². The van der Waals surface area contributed by atoms with Crippen molar-refractivity contribution in [1.29, 1.82) is 0 Å². The van der Waals surface area contributed by atoms with E-state index >= 15 is 0 Å². The molecule has 0 aliphatic carbocycles. The van der Waals surface area contributed by atoms with E-state index in [0.29, 0.717) is 11.0 Å². The lowest BCUT2D eigenvalue weighted by Gasteiger charge is -2.15. The Morgan fingerprint density at radius 1 is 1.33 bits per heavy atom. The van der Waals surface area contributed by atoms with Crippen LogP contribution >= 0.6 is 11.6 Å². The van der Waals surface area contributed by atoms with E-state index in [2.05, 4.69) is 27.3 Å². The summed E-state index contributed by atoms with van der Waals surface area (Å²) in [6, 6.07) is 0.114. The van der Waals surface area contributed by atoms with Gasteiger partial charge in [-0.15, -0.1) is 0 Å². The van der Waals surface area contributed by atoms with Gasteiger partial charge in [0.05, 0.1) is 12.2 Å². The second-order valence-electron chi connectivity index (χ2n) is 4.35. The monoisotopic (exact) mass is 265 g/mol. The number of hydrogen-bond acceptors (Lipinski definition) is 4. The molecule has 96 valence electrons. The van der Waals surface area contributed by atoms with Crippen LogP contribution in [0.4, 0.5) is 5.82 Å². The normalized spacial score (nSPS) is 12.5. The van der Waals surface area contributed by atoms with E-state index in [1.807, 2.05) is 33.3 Å². The molecule has 0 radical (unpaired) electrons. The van der Waals surface area contributed by atoms with E-state index in [1.165, 1.54) is 0 Å². The van der Waals surface area contributed by atoms with Crippen LogP contribution in [0.15, 0.2) is 12.4 Å². The van der Waals surface area contributed by atoms with E-state index in [9.17, 15) is 0 Å². The SMILES string of the molecule is Cc1nc(Cl)c(C)c(NC(C)c2cnn(C)c2)n1. The summed E-state index contributed by atoms with van der Waals surface area (Å²) in [6.45, 7) is 5.78. The van der Waals surface area contributed by atoms with Crippen LogP contribution in [0.5, 0.6) is 0 Å². The fourth-order valence-corrected chi connectivity index (χ4v) is 1.90. The van der Waals surface area contributed by atoms with Gasteiger partial charge < -0.3 is 5.32 Å². The van der Waals surface area contributed by atoms with Crippen LogP contribution in [0.25, 0.3) is 0 Å². The zero-order chi connectivity index (χ0) is 13.3. The van der Waals surface area contributed by atoms with Crippen molar-refractivity contribution < 1.29 is 0 Å². The minimum absolute atomic E-state index is 0.114. The van der Waals surface area contributed by atoms with Crippen LogP contribution in [0.3, 0.4) is 0 Å². The molecular weight excluding hydrogens is 250 g/mol. The average Bonchev–Trinajstić information content (AvgIpc) is 2.72. The van der Waals surface area contributed by atoms with Gasteiger partial charge in [-0.25, -0.2) is 9.97 Å². The van der Waals surface area contributed by atoms with Crippen molar-refractivity contribution in [1.82, 2.24) is 19.7 Å². The van der Waals surface area contributed by atoms with Gasteiger partial charge in [-0.1, -0.05) is 11.6 Å². The third kappa shape index (κ3) is 2.61. The van der Waals surface area contributed by atoms with Gasteiger partial charge >= 0.3 is 0 Å². The van der Waals surface area contributed by atoms with E-state index in [1.54, 1.807) is 4.68 Å². The molecule has 0 amide bonds. The predicted octanol–water partition coefficient (Wildman–Crippen LogP) is 2.65. The molecule has 2 aromatic heterocycles. The minimum Gasteiger partial charge on any atom is -0.363 e. The quantitative estimate of drug-likeness (QED) is 0.867. The maximum absolute atomic E-state index is 6.05. The zero-order valence-corrected chi connectivity index (χ0v) is 11.7. The van der Waals surface area contributed by atoms with Gasteiger partial charge in [-0.05, 0) is 20.8 Å². The second kappa shape index (κ2) is 4.94. The van der Waals surface area contributed by atoms with Crippen molar-refractivity contribution >= 4 is 17.4 Å². The number of halogens is 1. The molecule has 18 heavy (non-hydrogen) atoms. The molecule has 5 nitrogen and oxygen atoms in total. The Bertz CT molecular complexity index is 564. The molecule has 1 atom stereocenters. The highest BCUT2D eigenvalue weighted by Gasteiger charge is 2.12. The lowest BCUT2D eigenvalue weighted by Crippen LogP contribution is -2.10. The van der Waals surface area contributed by atoms with E-state index in [4.69, 9.17) is 11.6 Å². The molecule has 0 aliphatic rings. The number of aromatic nitrogens is 4. The first-order valence-corrected chi connectivity index (χ1v) is 6.11. The molecule has 6 heteroatoms. The number of nitrogens with one attached hydrogen (secondary N) is 1. The molecular formula is C12H16ClN5. The first kappa shape index (κ1) is 12.8. The number of anilines is 1. The van der Waals surface area contributed by atoms with Crippen molar-refractivity contribution in [3.05, 3.63) is 34.5 Å². The Morgan fingerprint density at radius 2 is 2.06 bits per heavy atom. The Morgan fingerprint density at radius 3 is 2.67 bits per heavy atom. The zero-order valence-electron chi connectivity index (χ0n) is 10.9. The highest BCUT2D eigenvalue weighted by atomic mass is 35.5. The Hall–Kier alpha value is -1.62. The van der Waals surface area contributed by atoms with E-state index < -0.39 is 0 Å². The second-order valence-corrected chi connectivity index (χ2v) is 4.71. The Labute approximate surface area is 111 Å². The first-order chi connectivity index (χ1) is 8.47. The summed E-state index contributed by atoms with van der Waals surface area (Å²) in [5, 5.41) is 7.98. The summed E-state index contributed by atoms with van der Waals surface area (Å²) in [7, 11) is 1.90. The molecule has 0 saturated carbocycles. The number of nitrogens with zero attached hydrogens (tertiary/aromatic N) is 4. The molecule has 0 saturated heterocycles. The lowest BCUT2D eigenvalue weighted by molar-refractivity contribution is 0.765. The summed E-state index contributed by atoms with van der Waals surface area (Å²) < 4.78 is 1.78. The lowest BCUT2D eigenvalue weighted by atomic mass is 10.2. The molecule has 0 aliphatic heterocycles. The topological polar surface area (TPSA) is 55.6 Å². The highest BCUT2D eigenvalue weighted by molar-refractivity contribution is 6.30. The molecule has 1 N–H and O–H groups in total. The van der Waals surface area contributed by atoms with Crippen molar-refractivity contribution in [2.45, 2.75) is 26.8 Å². The summed E-state index contributed by atoms with van der Waals surface area (Å²) in [6.07, 6.45) is 3.81. The molecule has 0 aromatic carbocycles. The summed E-state index contributed by atoms with van der Waals surface area (Å²) in [5.74, 6) is 1.43. The van der Waals surface area contributed by atoms with Gasteiger partial charge in [0, 0.05) is 24.4 Å². The standard InChI is InChI=1S/C12H16ClN5/c1-7-11(13)16-9(3)17-12(7)15-8(2)10-5-14-18(4)6-10/h5-6,8H,1-4H3,(H,15,16,17). The van der Waals surface area contributed by atoms with Crippen LogP contribution in [0.1, 0.15) is 29.9 Å². The molecule has 1 unspecified atom stereocenters. The van der Waals surface area contributed by atoms with Crippen LogP contribution in [-0.2, 0) is 7.05 Å². The summed E-state index contributed by atoms with van der Waals surface area (Å²) >= 11 is 6.05. The third-order valence-corrected chi connectivity index (χ3v) is 3.14. The van der Waals surface area contributed by atoms with E-state index in [-0.39, 0.29) is 6.04 Å². The first-order valence-electron chi connectivity index (χ1n) is 5.73. The van der Waals surface area contributed by atoms with Crippen molar-refractivity contribution in [3.63, 3.8) is 0 Å². The van der Waals surface area contributed by atoms with Crippen molar-refractivity contribution in [2.75, 3.05) is 5.32 Å². The number of rotatable bonds is 3. The summed E-state index contributed by atoms with van der Waals surface area (Å²) in [5.41, 5.74) is 1.96. The largest absolute Gasteiger partial charge is 0.363 e. The minimum atomic E-state index is 0.114. The number of hydrogen-bond donors (Lipinski definition) is 1. The van der Waals surface area contributed by atoms with Crippen LogP contribution in [-0.4, -0.2) is 19.7 Å². The van der Waals surface area contributed by atoms with E-state index in [0.717, 1.165) is 16.9 Å². The Kier molecular flexibility index (Phi) is 3.52. The molecule has 0 spiro atoms. The van der Waals surface area contributed by atoms with Crippen LogP contribution in [0, 0.1) is 13.8 Å². The highest BCUT2D eigenvalue weighted by Crippen LogP contribution is 2.23. The Balaban J connectivity index is 2.24. The van der Waals surface area contributed by atoms with Gasteiger partial charge in [-0.2, -0.15) is 5.10 Å². The van der Waals surface area contributed by atoms with Gasteiger partial charge in [0.2, 0.25) is 0 Å². The molecule has 0 bridgehead atoms. The maximum atomic E-state index is 6.05. The van der Waals surface area contributed by atoms with Crippen LogP contribution < -0.4 is 5.32 Å². The third-order valence-electron chi connectivity index (χ3n) is 2.78. The van der Waals surface area contributed by atoms with Gasteiger partial charge in [0.1, 0.15) is 16.8 Å². The maximum Gasteiger partial charge on any atom is 0.137 e. The molecule has 2 rings (SSSR count). The molecule has 0 fully saturated rings. The smallest absolute Gasteiger partial charge is 0.137 e. The fraction of sp³-hybridized carbons (Fsp3) is 0.417. The fourth-order valence-electron chi connectivity index (χ4n) is 1.69. The van der Waals surface area contributed by atoms with Crippen molar-refractivity contribution in [2.24, 2.45) is 7.05 Å². The van der Waals surface area contributed by atoms with Crippen molar-refractivity contribution in [3.8, 4) is 0 Å². The van der Waals surface area contributed by atoms with Gasteiger partial charge in [-0.3, -0.25) is 4.68 Å². The van der Waals surface area contributed by atoms with Gasteiger partial charge in [0.25, 0.3) is 0 Å². The molecule has 2 heterocycles. The molecule has 2 aromatic rings. The number of aryl methyl sites for hydroxylation is 2. The summed E-state index contributed by atoms with van der Waals surface area (Å²) in [4.78, 5) is 8.49. The van der Waals surface area contributed by atoms with Gasteiger partial charge in [0.15, 0.2) is 0 Å². The predicted molar refractivity (Wildman–Crippen MR) is 71.8 cm³/mol. The average molecular weight is 266 g/mol.